The molecule has 0 spiro atoms. The molecule has 0 bridgehead atoms. The molecule has 8 nitrogen and oxygen atoms in total. The number of para-hydroxylation sites is 1. The van der Waals surface area contributed by atoms with E-state index < -0.39 is 10.0 Å². The molecule has 0 amide bonds. The van der Waals surface area contributed by atoms with E-state index in [0.717, 1.165) is 55.0 Å². The third-order valence-corrected chi connectivity index (χ3v) is 7.99. The number of hydrazine groups is 2. The van der Waals surface area contributed by atoms with Crippen molar-refractivity contribution in [1.29, 1.82) is 0 Å². The van der Waals surface area contributed by atoms with E-state index in [1.54, 1.807) is 13.8 Å². The molecule has 0 radical (unpaired) electrons. The Bertz CT molecular complexity index is 1020. The largest absolute Gasteiger partial charge is 0.385 e. The molecule has 1 saturated carbocycles. The number of hydrogen-bond donors (Lipinski definition) is 4. The summed E-state index contributed by atoms with van der Waals surface area (Å²) < 4.78 is 27.0. The van der Waals surface area contributed by atoms with E-state index in [1.165, 1.54) is 0 Å². The van der Waals surface area contributed by atoms with Crippen LogP contribution in [0.3, 0.4) is 0 Å². The highest BCUT2D eigenvalue weighted by atomic mass is 32.2. The van der Waals surface area contributed by atoms with Crippen LogP contribution in [0.5, 0.6) is 0 Å². The molecule has 2 aromatic carbocycles. The standard InChI is InChI=1S/C23H32N6O2S/c1-17(2)32(30,31)26-21-12-8-18(9-13-21)16-24-20-14-10-19(11-15-20)23-25-27-28-29(23)22-6-4-3-5-7-22/h3-7,10-11,14-15,17-18,21,24,26-28H,8-9,12-13,16H2,1-2H3. The lowest BCUT2D eigenvalue weighted by Gasteiger charge is -2.29. The Kier molecular flexibility index (Phi) is 6.98. The Morgan fingerprint density at radius 2 is 1.72 bits per heavy atom. The smallest absolute Gasteiger partial charge is 0.214 e. The van der Waals surface area contributed by atoms with Crippen molar-refractivity contribution in [3.63, 3.8) is 0 Å². The molecule has 0 aromatic heterocycles. The normalized spacial score (nSPS) is 21.3. The minimum Gasteiger partial charge on any atom is -0.385 e. The summed E-state index contributed by atoms with van der Waals surface area (Å²) in [4.78, 5) is 0. The summed E-state index contributed by atoms with van der Waals surface area (Å²) in [5.41, 5.74) is 8.97. The second-order valence-corrected chi connectivity index (χ2v) is 11.0. The molecular formula is C23H32N6O2S. The minimum atomic E-state index is -3.19. The lowest BCUT2D eigenvalue weighted by molar-refractivity contribution is 0.323. The van der Waals surface area contributed by atoms with Crippen molar-refractivity contribution in [3.8, 4) is 0 Å². The van der Waals surface area contributed by atoms with Crippen molar-refractivity contribution >= 4 is 27.2 Å². The van der Waals surface area contributed by atoms with Gasteiger partial charge in [-0.15, -0.1) is 10.6 Å². The van der Waals surface area contributed by atoms with Crippen molar-refractivity contribution in [2.75, 3.05) is 16.9 Å². The molecule has 1 aliphatic heterocycles. The molecule has 9 heteroatoms. The maximum atomic E-state index is 12.1. The van der Waals surface area contributed by atoms with Crippen molar-refractivity contribution in [1.82, 2.24) is 15.8 Å². The van der Waals surface area contributed by atoms with E-state index in [4.69, 9.17) is 0 Å². The van der Waals surface area contributed by atoms with E-state index in [9.17, 15) is 8.42 Å². The number of amidine groups is 1. The SMILES string of the molecule is CC(C)S(=O)(=O)NC1CCC(CNc2ccc(C3=NNNN3c3ccccc3)cc2)CC1. The Morgan fingerprint density at radius 1 is 1.03 bits per heavy atom. The van der Waals surface area contributed by atoms with Gasteiger partial charge >= 0.3 is 0 Å². The summed E-state index contributed by atoms with van der Waals surface area (Å²) in [5, 5.41) is 9.43. The first-order valence-electron chi connectivity index (χ1n) is 11.2. The first-order chi connectivity index (χ1) is 15.4. The molecule has 0 atom stereocenters. The zero-order chi connectivity index (χ0) is 22.6. The van der Waals surface area contributed by atoms with Gasteiger partial charge in [-0.3, -0.25) is 0 Å². The molecule has 0 unspecified atom stereocenters. The summed E-state index contributed by atoms with van der Waals surface area (Å²) in [7, 11) is -3.19. The van der Waals surface area contributed by atoms with Gasteiger partial charge in [0.25, 0.3) is 0 Å². The Hall–Kier alpha value is -2.62. The van der Waals surface area contributed by atoms with Crippen LogP contribution in [-0.2, 0) is 10.0 Å². The predicted octanol–water partition coefficient (Wildman–Crippen LogP) is 3.18. The number of anilines is 2. The van der Waals surface area contributed by atoms with Gasteiger partial charge in [0.15, 0.2) is 5.84 Å². The van der Waals surface area contributed by atoms with E-state index in [1.807, 2.05) is 35.3 Å². The highest BCUT2D eigenvalue weighted by Crippen LogP contribution is 2.26. The number of hydrazone groups is 1. The first kappa shape index (κ1) is 22.6. The van der Waals surface area contributed by atoms with Crippen molar-refractivity contribution in [2.45, 2.75) is 50.8 Å². The molecule has 1 fully saturated rings. The summed E-state index contributed by atoms with van der Waals surface area (Å²) in [5.74, 6) is 1.36. The molecule has 1 heterocycles. The first-order valence-corrected chi connectivity index (χ1v) is 12.8. The maximum Gasteiger partial charge on any atom is 0.214 e. The number of benzene rings is 2. The number of sulfonamides is 1. The minimum absolute atomic E-state index is 0.0694. The van der Waals surface area contributed by atoms with Gasteiger partial charge in [-0.2, -0.15) is 0 Å². The van der Waals surface area contributed by atoms with Crippen LogP contribution in [0.4, 0.5) is 11.4 Å². The van der Waals surface area contributed by atoms with E-state index in [0.29, 0.717) is 5.92 Å². The van der Waals surface area contributed by atoms with Crippen LogP contribution >= 0.6 is 0 Å². The summed E-state index contributed by atoms with van der Waals surface area (Å²) in [6.45, 7) is 4.33. The predicted molar refractivity (Wildman–Crippen MR) is 130 cm³/mol. The summed E-state index contributed by atoms with van der Waals surface area (Å²) in [6.07, 6.45) is 3.84. The van der Waals surface area contributed by atoms with Crippen LogP contribution in [0, 0.1) is 5.92 Å². The average molecular weight is 457 g/mol. The summed E-state index contributed by atoms with van der Waals surface area (Å²) in [6, 6.07) is 18.3. The molecule has 1 aliphatic carbocycles. The van der Waals surface area contributed by atoms with Gasteiger partial charge in [-0.05, 0) is 81.8 Å². The fraction of sp³-hybridized carbons (Fsp3) is 0.435. The molecule has 32 heavy (non-hydrogen) atoms. The fourth-order valence-electron chi connectivity index (χ4n) is 4.04. The third kappa shape index (κ3) is 5.40. The van der Waals surface area contributed by atoms with Crippen LogP contribution < -0.4 is 26.1 Å². The average Bonchev–Trinajstić information content (AvgIpc) is 3.29. The second kappa shape index (κ2) is 9.89. The zero-order valence-electron chi connectivity index (χ0n) is 18.6. The molecule has 0 saturated heterocycles. The van der Waals surface area contributed by atoms with Crippen LogP contribution in [0.25, 0.3) is 0 Å². The number of rotatable bonds is 8. The van der Waals surface area contributed by atoms with Gasteiger partial charge in [0.05, 0.1) is 10.9 Å². The van der Waals surface area contributed by atoms with Crippen molar-refractivity contribution in [3.05, 3.63) is 60.2 Å². The van der Waals surface area contributed by atoms with Crippen LogP contribution in [0.1, 0.15) is 45.1 Å². The van der Waals surface area contributed by atoms with Gasteiger partial charge in [0.2, 0.25) is 10.0 Å². The maximum absolute atomic E-state index is 12.1. The van der Waals surface area contributed by atoms with Gasteiger partial charge in [0, 0.05) is 23.8 Å². The Labute approximate surface area is 190 Å². The lowest BCUT2D eigenvalue weighted by atomic mass is 9.86. The molecule has 172 valence electrons. The Morgan fingerprint density at radius 3 is 2.38 bits per heavy atom. The third-order valence-electron chi connectivity index (χ3n) is 6.09. The van der Waals surface area contributed by atoms with E-state index in [2.05, 4.69) is 50.5 Å². The van der Waals surface area contributed by atoms with Gasteiger partial charge in [-0.1, -0.05) is 18.2 Å². The monoisotopic (exact) mass is 456 g/mol. The highest BCUT2D eigenvalue weighted by Gasteiger charge is 2.26. The van der Waals surface area contributed by atoms with Crippen molar-refractivity contribution < 1.29 is 8.42 Å². The number of nitrogens with one attached hydrogen (secondary N) is 4. The molecule has 2 aliphatic rings. The van der Waals surface area contributed by atoms with Crippen LogP contribution in [0.15, 0.2) is 59.7 Å². The zero-order valence-corrected chi connectivity index (χ0v) is 19.4. The summed E-state index contributed by atoms with van der Waals surface area (Å²) >= 11 is 0. The molecule has 2 aromatic rings. The molecule has 4 N–H and O–H groups in total. The van der Waals surface area contributed by atoms with Gasteiger partial charge in [-0.25, -0.2) is 23.7 Å². The van der Waals surface area contributed by atoms with Crippen LogP contribution in [-0.4, -0.2) is 32.1 Å². The van der Waals surface area contributed by atoms with E-state index >= 15 is 0 Å². The van der Waals surface area contributed by atoms with Gasteiger partial charge < -0.3 is 5.32 Å². The highest BCUT2D eigenvalue weighted by molar-refractivity contribution is 7.90. The lowest BCUT2D eigenvalue weighted by Crippen LogP contribution is -2.41. The number of hydrogen-bond acceptors (Lipinski definition) is 7. The molecule has 4 rings (SSSR count). The fourth-order valence-corrected chi connectivity index (χ4v) is 5.01. The van der Waals surface area contributed by atoms with Gasteiger partial charge in [0.1, 0.15) is 0 Å². The van der Waals surface area contributed by atoms with Crippen LogP contribution in [0.2, 0.25) is 0 Å². The Balaban J connectivity index is 1.27. The van der Waals surface area contributed by atoms with E-state index in [-0.39, 0.29) is 11.3 Å². The second-order valence-electron chi connectivity index (χ2n) is 8.72. The quantitative estimate of drug-likeness (QED) is 0.487. The number of nitrogens with zero attached hydrogens (tertiary/aromatic N) is 2. The molecular weight excluding hydrogens is 424 g/mol. The van der Waals surface area contributed by atoms with Crippen molar-refractivity contribution in [2.24, 2.45) is 11.0 Å². The topological polar surface area (TPSA) is 97.9 Å².